The molecule has 5 aliphatic rings. The van der Waals surface area contributed by atoms with Crippen LogP contribution in [-0.2, 0) is 4.79 Å². The van der Waals surface area contributed by atoms with E-state index in [9.17, 15) is 4.79 Å². The average Bonchev–Trinajstić information content (AvgIpc) is 2.68. The van der Waals surface area contributed by atoms with Gasteiger partial charge in [0.2, 0.25) is 0 Å². The molecule has 8 atom stereocenters. The summed E-state index contributed by atoms with van der Waals surface area (Å²) in [5.41, 5.74) is 3.15. The Morgan fingerprint density at radius 2 is 1.47 bits per heavy atom. The Labute approximate surface area is 198 Å². The van der Waals surface area contributed by atoms with Gasteiger partial charge in [0.05, 0.1) is 0 Å². The van der Waals surface area contributed by atoms with Crippen molar-refractivity contribution in [3.63, 3.8) is 0 Å². The Balaban J connectivity index is 1.63. The molecule has 4 fully saturated rings. The fourth-order valence-electron chi connectivity index (χ4n) is 10.5. The number of carbonyl (C=O) groups excluding carboxylic acids is 1. The molecule has 4 saturated carbocycles. The molecular formula is C31H50O. The van der Waals surface area contributed by atoms with Crippen molar-refractivity contribution in [1.29, 1.82) is 0 Å². The van der Waals surface area contributed by atoms with Crippen LogP contribution >= 0.6 is 0 Å². The van der Waals surface area contributed by atoms with E-state index in [2.05, 4.69) is 68.4 Å². The first-order chi connectivity index (χ1) is 14.6. The standard InChI is InChI=1S/C31H50O/c1-20-10-12-29(7)24(27(20,4)5)11-13-31(9)25(29)23(32)18-21-22-19-26(2,3)14-15-28(22,6)16-17-30(21,31)8/h18,20,22,24-25H,10-17,19H2,1-9H3/t20?,22-,24?,25-,28-,29+,30-,31-/m1/s1. The van der Waals surface area contributed by atoms with Gasteiger partial charge in [-0.3, -0.25) is 4.79 Å². The highest BCUT2D eigenvalue weighted by Gasteiger charge is 2.69. The molecule has 0 bridgehead atoms. The predicted octanol–water partition coefficient (Wildman–Crippen LogP) is 8.62. The molecule has 32 heavy (non-hydrogen) atoms. The predicted molar refractivity (Wildman–Crippen MR) is 134 cm³/mol. The van der Waals surface area contributed by atoms with Crippen molar-refractivity contribution in [2.75, 3.05) is 0 Å². The first kappa shape index (κ1) is 23.2. The minimum atomic E-state index is 0.110. The van der Waals surface area contributed by atoms with E-state index in [4.69, 9.17) is 0 Å². The van der Waals surface area contributed by atoms with Gasteiger partial charge < -0.3 is 0 Å². The SMILES string of the molecule is CC1CC[C@@]2(C)C(CC[C@]3(C)[C@@H]2C(=O)C=C2[C@H]4CC(C)(C)CC[C@]4(C)CC[C@]23C)C1(C)C. The lowest BCUT2D eigenvalue weighted by Gasteiger charge is -2.70. The summed E-state index contributed by atoms with van der Waals surface area (Å²) in [5, 5.41) is 0. The van der Waals surface area contributed by atoms with Crippen molar-refractivity contribution in [1.82, 2.24) is 0 Å². The summed E-state index contributed by atoms with van der Waals surface area (Å²) in [4.78, 5) is 14.2. The molecule has 0 aromatic heterocycles. The summed E-state index contributed by atoms with van der Waals surface area (Å²) in [5.74, 6) is 2.73. The third-order valence-electron chi connectivity index (χ3n) is 13.4. The van der Waals surface area contributed by atoms with Gasteiger partial charge in [-0.25, -0.2) is 0 Å². The summed E-state index contributed by atoms with van der Waals surface area (Å²) in [6.45, 7) is 22.6. The summed E-state index contributed by atoms with van der Waals surface area (Å²) in [6, 6.07) is 0. The zero-order valence-electron chi connectivity index (χ0n) is 22.7. The van der Waals surface area contributed by atoms with E-state index in [1.54, 1.807) is 5.57 Å². The number of carbonyl (C=O) groups is 1. The second-order valence-corrected chi connectivity index (χ2v) is 15.6. The van der Waals surface area contributed by atoms with Crippen molar-refractivity contribution < 1.29 is 4.79 Å². The van der Waals surface area contributed by atoms with E-state index in [1.165, 1.54) is 57.8 Å². The van der Waals surface area contributed by atoms with Crippen LogP contribution in [0.5, 0.6) is 0 Å². The van der Waals surface area contributed by atoms with Crippen LogP contribution in [-0.4, -0.2) is 5.78 Å². The zero-order chi connectivity index (χ0) is 23.5. The summed E-state index contributed by atoms with van der Waals surface area (Å²) < 4.78 is 0. The zero-order valence-corrected chi connectivity index (χ0v) is 22.7. The van der Waals surface area contributed by atoms with Gasteiger partial charge in [-0.2, -0.15) is 0 Å². The molecule has 0 spiro atoms. The Hall–Kier alpha value is -0.590. The van der Waals surface area contributed by atoms with E-state index in [0.29, 0.717) is 33.9 Å². The normalized spacial score (nSPS) is 53.9. The van der Waals surface area contributed by atoms with Crippen LogP contribution in [0.25, 0.3) is 0 Å². The lowest BCUT2D eigenvalue weighted by molar-refractivity contribution is -0.192. The first-order valence-electron chi connectivity index (χ1n) is 13.9. The highest BCUT2D eigenvalue weighted by atomic mass is 16.1. The fraction of sp³-hybridized carbons (Fsp3) is 0.903. The Kier molecular flexibility index (Phi) is 4.74. The van der Waals surface area contributed by atoms with Crippen molar-refractivity contribution >= 4 is 5.78 Å². The number of fused-ring (bicyclic) bond motifs is 7. The molecule has 0 amide bonds. The minimum Gasteiger partial charge on any atom is -0.295 e. The molecule has 0 saturated heterocycles. The lowest BCUT2D eigenvalue weighted by atomic mass is 9.33. The van der Waals surface area contributed by atoms with Crippen LogP contribution in [0.2, 0.25) is 0 Å². The fourth-order valence-corrected chi connectivity index (χ4v) is 10.5. The van der Waals surface area contributed by atoms with Crippen LogP contribution in [0.3, 0.4) is 0 Å². The number of allylic oxidation sites excluding steroid dienone is 2. The molecular weight excluding hydrogens is 388 g/mol. The summed E-state index contributed by atoms with van der Waals surface area (Å²) in [6.07, 6.45) is 13.9. The molecule has 0 aromatic carbocycles. The van der Waals surface area contributed by atoms with E-state index < -0.39 is 0 Å². The maximum Gasteiger partial charge on any atom is 0.159 e. The molecule has 0 radical (unpaired) electrons. The lowest BCUT2D eigenvalue weighted by Crippen LogP contribution is -2.65. The molecule has 180 valence electrons. The molecule has 2 unspecified atom stereocenters. The van der Waals surface area contributed by atoms with Gasteiger partial charge in [-0.1, -0.05) is 67.9 Å². The third kappa shape index (κ3) is 2.72. The van der Waals surface area contributed by atoms with Gasteiger partial charge in [-0.15, -0.1) is 0 Å². The number of rotatable bonds is 0. The van der Waals surface area contributed by atoms with E-state index in [0.717, 1.165) is 5.92 Å². The van der Waals surface area contributed by atoms with Gasteiger partial charge in [0.1, 0.15) is 0 Å². The summed E-state index contributed by atoms with van der Waals surface area (Å²) >= 11 is 0. The van der Waals surface area contributed by atoms with Crippen LogP contribution in [0.15, 0.2) is 11.6 Å². The first-order valence-corrected chi connectivity index (χ1v) is 13.9. The van der Waals surface area contributed by atoms with Crippen molar-refractivity contribution in [3.05, 3.63) is 11.6 Å². The van der Waals surface area contributed by atoms with Gasteiger partial charge in [0.15, 0.2) is 5.78 Å². The van der Waals surface area contributed by atoms with E-state index >= 15 is 0 Å². The molecule has 5 rings (SSSR count). The molecule has 0 heterocycles. The highest BCUT2D eigenvalue weighted by Crippen LogP contribution is 2.75. The quantitative estimate of drug-likeness (QED) is 0.370. The maximum absolute atomic E-state index is 14.2. The Bertz CT molecular complexity index is 862. The van der Waals surface area contributed by atoms with Crippen molar-refractivity contribution in [3.8, 4) is 0 Å². The molecule has 0 N–H and O–H groups in total. The topological polar surface area (TPSA) is 17.1 Å². The van der Waals surface area contributed by atoms with Crippen molar-refractivity contribution in [2.24, 2.45) is 56.2 Å². The molecule has 5 aliphatic carbocycles. The molecule has 1 heteroatoms. The molecule has 0 aliphatic heterocycles. The van der Waals surface area contributed by atoms with Gasteiger partial charge in [0.25, 0.3) is 0 Å². The smallest absolute Gasteiger partial charge is 0.159 e. The van der Waals surface area contributed by atoms with Gasteiger partial charge in [-0.05, 0) is 114 Å². The maximum atomic E-state index is 14.2. The number of ketones is 1. The third-order valence-corrected chi connectivity index (χ3v) is 13.4. The van der Waals surface area contributed by atoms with Gasteiger partial charge >= 0.3 is 0 Å². The van der Waals surface area contributed by atoms with Crippen LogP contribution < -0.4 is 0 Å². The van der Waals surface area contributed by atoms with E-state index in [1.807, 2.05) is 0 Å². The Morgan fingerprint density at radius 3 is 2.16 bits per heavy atom. The minimum absolute atomic E-state index is 0.110. The van der Waals surface area contributed by atoms with Crippen LogP contribution in [0.4, 0.5) is 0 Å². The summed E-state index contributed by atoms with van der Waals surface area (Å²) in [7, 11) is 0. The largest absolute Gasteiger partial charge is 0.295 e. The molecule has 1 nitrogen and oxygen atoms in total. The second-order valence-electron chi connectivity index (χ2n) is 15.6. The Morgan fingerprint density at radius 1 is 0.812 bits per heavy atom. The number of hydrogen-bond acceptors (Lipinski definition) is 1. The average molecular weight is 439 g/mol. The van der Waals surface area contributed by atoms with Crippen LogP contribution in [0.1, 0.15) is 120 Å². The highest BCUT2D eigenvalue weighted by molar-refractivity contribution is 5.95. The van der Waals surface area contributed by atoms with Gasteiger partial charge in [0, 0.05) is 5.92 Å². The van der Waals surface area contributed by atoms with E-state index in [-0.39, 0.29) is 22.2 Å². The number of hydrogen-bond donors (Lipinski definition) is 0. The van der Waals surface area contributed by atoms with Crippen molar-refractivity contribution in [2.45, 2.75) is 120 Å². The van der Waals surface area contributed by atoms with Crippen LogP contribution in [0, 0.1) is 56.2 Å². The second kappa shape index (κ2) is 6.54. The molecule has 0 aromatic rings. The monoisotopic (exact) mass is 438 g/mol.